The van der Waals surface area contributed by atoms with Crippen LogP contribution in [-0.2, 0) is 16.0 Å². The lowest BCUT2D eigenvalue weighted by molar-refractivity contribution is -0.133. The van der Waals surface area contributed by atoms with Crippen molar-refractivity contribution in [1.29, 1.82) is 0 Å². The molecule has 1 saturated heterocycles. The summed E-state index contributed by atoms with van der Waals surface area (Å²) < 4.78 is 0. The maximum absolute atomic E-state index is 12.7. The quantitative estimate of drug-likeness (QED) is 0.740. The van der Waals surface area contributed by atoms with Gasteiger partial charge in [-0.25, -0.2) is 0 Å². The zero-order chi connectivity index (χ0) is 20.8. The molecule has 0 aromatic heterocycles. The molecule has 1 N–H and O–H groups in total. The lowest BCUT2D eigenvalue weighted by atomic mass is 10.1. The molecular weight excluding hydrogens is 382 g/mol. The number of piperazine rings is 1. The van der Waals surface area contributed by atoms with Gasteiger partial charge in [0, 0.05) is 31.1 Å². The third-order valence-electron chi connectivity index (χ3n) is 5.43. The van der Waals surface area contributed by atoms with E-state index < -0.39 is 0 Å². The Morgan fingerprint density at radius 2 is 1.69 bits per heavy atom. The van der Waals surface area contributed by atoms with Crippen LogP contribution in [-0.4, -0.2) is 60.1 Å². The van der Waals surface area contributed by atoms with E-state index in [-0.39, 0.29) is 17.9 Å². The highest BCUT2D eigenvalue weighted by Crippen LogP contribution is 2.25. The van der Waals surface area contributed by atoms with E-state index in [9.17, 15) is 9.59 Å². The first-order chi connectivity index (χ1) is 14.0. The molecule has 0 radical (unpaired) electrons. The van der Waals surface area contributed by atoms with Crippen molar-refractivity contribution in [2.45, 2.75) is 31.2 Å². The summed E-state index contributed by atoms with van der Waals surface area (Å²) in [5, 5.41) is 3.05. The number of carbonyl (C=O) groups is 2. The fraction of sp³-hybridized carbons (Fsp3) is 0.391. The van der Waals surface area contributed by atoms with Gasteiger partial charge in [-0.05, 0) is 37.8 Å². The van der Waals surface area contributed by atoms with Gasteiger partial charge in [0.1, 0.15) is 0 Å². The van der Waals surface area contributed by atoms with Gasteiger partial charge in [-0.3, -0.25) is 14.5 Å². The zero-order valence-electron chi connectivity index (χ0n) is 17.4. The van der Waals surface area contributed by atoms with Crippen LogP contribution in [0.1, 0.15) is 18.1 Å². The van der Waals surface area contributed by atoms with Crippen LogP contribution in [0.25, 0.3) is 0 Å². The van der Waals surface area contributed by atoms with E-state index in [0.717, 1.165) is 16.1 Å². The first-order valence-electron chi connectivity index (χ1n) is 9.99. The molecule has 0 bridgehead atoms. The van der Waals surface area contributed by atoms with Crippen LogP contribution >= 0.6 is 11.8 Å². The Balaban J connectivity index is 1.50. The average Bonchev–Trinajstić information content (AvgIpc) is 2.75. The molecule has 29 heavy (non-hydrogen) atoms. The van der Waals surface area contributed by atoms with Gasteiger partial charge in [0.2, 0.25) is 11.8 Å². The number of amides is 2. The second-order valence-electron chi connectivity index (χ2n) is 7.44. The Bertz CT molecular complexity index is 845. The Kier molecular flexibility index (Phi) is 7.34. The maximum Gasteiger partial charge on any atom is 0.241 e. The molecule has 2 amide bonds. The van der Waals surface area contributed by atoms with Crippen LogP contribution in [0.3, 0.4) is 0 Å². The standard InChI is InChI=1S/C23H29N3O2S/c1-17-8-10-19(11-9-17)16-22(27)26-14-12-25(13-15-26)18(2)23(28)24-20-6-4-5-7-21(20)29-3/h4-11,18H,12-16H2,1-3H3,(H,24,28). The number of benzene rings is 2. The largest absolute Gasteiger partial charge is 0.340 e. The Morgan fingerprint density at radius 3 is 2.34 bits per heavy atom. The molecule has 3 rings (SSSR count). The van der Waals surface area contributed by atoms with E-state index in [1.54, 1.807) is 11.8 Å². The molecule has 0 spiro atoms. The lowest BCUT2D eigenvalue weighted by Crippen LogP contribution is -2.54. The van der Waals surface area contributed by atoms with Crippen molar-refractivity contribution in [1.82, 2.24) is 9.80 Å². The summed E-state index contributed by atoms with van der Waals surface area (Å²) in [6.45, 7) is 6.70. The van der Waals surface area contributed by atoms with Crippen LogP contribution in [0.4, 0.5) is 5.69 Å². The molecule has 2 aromatic carbocycles. The number of anilines is 1. The first kappa shape index (κ1) is 21.4. The summed E-state index contributed by atoms with van der Waals surface area (Å²) in [6, 6.07) is 15.7. The number of hydrogen-bond donors (Lipinski definition) is 1. The molecule has 6 heteroatoms. The summed E-state index contributed by atoms with van der Waals surface area (Å²) in [5.74, 6) is 0.144. The Morgan fingerprint density at radius 1 is 1.03 bits per heavy atom. The van der Waals surface area contributed by atoms with Gasteiger partial charge < -0.3 is 10.2 Å². The van der Waals surface area contributed by atoms with Crippen molar-refractivity contribution < 1.29 is 9.59 Å². The number of nitrogens with one attached hydrogen (secondary N) is 1. The zero-order valence-corrected chi connectivity index (χ0v) is 18.2. The molecule has 1 fully saturated rings. The summed E-state index contributed by atoms with van der Waals surface area (Å²) >= 11 is 1.62. The molecule has 1 unspecified atom stereocenters. The highest BCUT2D eigenvalue weighted by Gasteiger charge is 2.27. The normalized spacial score (nSPS) is 15.8. The van der Waals surface area contributed by atoms with Gasteiger partial charge in [-0.1, -0.05) is 42.0 Å². The van der Waals surface area contributed by atoms with Crippen LogP contribution in [0.5, 0.6) is 0 Å². The van der Waals surface area contributed by atoms with Crippen LogP contribution in [0.15, 0.2) is 53.4 Å². The van der Waals surface area contributed by atoms with E-state index >= 15 is 0 Å². The van der Waals surface area contributed by atoms with E-state index in [4.69, 9.17) is 0 Å². The first-order valence-corrected chi connectivity index (χ1v) is 11.2. The number of nitrogens with zero attached hydrogens (tertiary/aromatic N) is 2. The minimum Gasteiger partial charge on any atom is -0.340 e. The third kappa shape index (κ3) is 5.61. The average molecular weight is 412 g/mol. The highest BCUT2D eigenvalue weighted by atomic mass is 32.2. The van der Waals surface area contributed by atoms with Crippen molar-refractivity contribution in [3.8, 4) is 0 Å². The van der Waals surface area contributed by atoms with Crippen molar-refractivity contribution >= 4 is 29.3 Å². The minimum atomic E-state index is -0.237. The topological polar surface area (TPSA) is 52.7 Å². The third-order valence-corrected chi connectivity index (χ3v) is 6.23. The Hall–Kier alpha value is -2.31. The van der Waals surface area contributed by atoms with Crippen molar-refractivity contribution in [3.63, 3.8) is 0 Å². The van der Waals surface area contributed by atoms with Gasteiger partial charge >= 0.3 is 0 Å². The summed E-state index contributed by atoms with van der Waals surface area (Å²) in [7, 11) is 0. The number of para-hydroxylation sites is 1. The fourth-order valence-electron chi connectivity index (χ4n) is 3.50. The fourth-order valence-corrected chi connectivity index (χ4v) is 4.06. The van der Waals surface area contributed by atoms with E-state index in [1.807, 2.05) is 73.5 Å². The molecule has 1 aliphatic heterocycles. The molecule has 2 aromatic rings. The number of thioether (sulfide) groups is 1. The summed E-state index contributed by atoms with van der Waals surface area (Å²) in [5.41, 5.74) is 3.09. The van der Waals surface area contributed by atoms with Crippen molar-refractivity contribution in [2.75, 3.05) is 37.8 Å². The second kappa shape index (κ2) is 9.94. The van der Waals surface area contributed by atoms with Crippen molar-refractivity contribution in [2.24, 2.45) is 0 Å². The number of rotatable bonds is 6. The second-order valence-corrected chi connectivity index (χ2v) is 8.29. The molecular formula is C23H29N3O2S. The molecule has 1 heterocycles. The van der Waals surface area contributed by atoms with Gasteiger partial charge in [-0.2, -0.15) is 0 Å². The monoisotopic (exact) mass is 411 g/mol. The Labute approximate surface area is 177 Å². The molecule has 5 nitrogen and oxygen atoms in total. The summed E-state index contributed by atoms with van der Waals surface area (Å²) in [4.78, 5) is 30.4. The van der Waals surface area contributed by atoms with E-state index in [2.05, 4.69) is 10.2 Å². The molecule has 0 saturated carbocycles. The van der Waals surface area contributed by atoms with Crippen molar-refractivity contribution in [3.05, 3.63) is 59.7 Å². The van der Waals surface area contributed by atoms with Crippen LogP contribution in [0.2, 0.25) is 0 Å². The summed E-state index contributed by atoms with van der Waals surface area (Å²) in [6.07, 6.45) is 2.43. The van der Waals surface area contributed by atoms with Gasteiger partial charge in [0.05, 0.1) is 18.2 Å². The molecule has 154 valence electrons. The van der Waals surface area contributed by atoms with Crippen LogP contribution in [0, 0.1) is 6.92 Å². The van der Waals surface area contributed by atoms with Crippen LogP contribution < -0.4 is 5.32 Å². The lowest BCUT2D eigenvalue weighted by Gasteiger charge is -2.37. The smallest absolute Gasteiger partial charge is 0.241 e. The predicted molar refractivity (Wildman–Crippen MR) is 119 cm³/mol. The minimum absolute atomic E-state index is 0.00840. The molecule has 1 aliphatic rings. The maximum atomic E-state index is 12.7. The van der Waals surface area contributed by atoms with E-state index in [1.165, 1.54) is 5.56 Å². The molecule has 1 atom stereocenters. The number of aryl methyl sites for hydroxylation is 1. The predicted octanol–water partition coefficient (Wildman–Crippen LogP) is 3.43. The number of hydrogen-bond acceptors (Lipinski definition) is 4. The SMILES string of the molecule is CSc1ccccc1NC(=O)C(C)N1CCN(C(=O)Cc2ccc(C)cc2)CC1. The van der Waals surface area contributed by atoms with E-state index in [0.29, 0.717) is 32.6 Å². The molecule has 0 aliphatic carbocycles. The van der Waals surface area contributed by atoms with Gasteiger partial charge in [0.15, 0.2) is 0 Å². The number of carbonyl (C=O) groups excluding carboxylic acids is 2. The van der Waals surface area contributed by atoms with Gasteiger partial charge in [-0.15, -0.1) is 11.8 Å². The van der Waals surface area contributed by atoms with Gasteiger partial charge in [0.25, 0.3) is 0 Å². The highest BCUT2D eigenvalue weighted by molar-refractivity contribution is 7.98.